The highest BCUT2D eigenvalue weighted by Crippen LogP contribution is 2.29. The van der Waals surface area contributed by atoms with E-state index in [1.807, 2.05) is 36.6 Å². The Morgan fingerprint density at radius 1 is 1.13 bits per heavy atom. The van der Waals surface area contributed by atoms with Crippen LogP contribution in [0.15, 0.2) is 66.5 Å². The van der Waals surface area contributed by atoms with E-state index >= 15 is 0 Å². The van der Waals surface area contributed by atoms with E-state index in [2.05, 4.69) is 65.2 Å². The van der Waals surface area contributed by atoms with Gasteiger partial charge >= 0.3 is 0 Å². The van der Waals surface area contributed by atoms with Crippen molar-refractivity contribution >= 4 is 28.6 Å². The molecule has 0 saturated heterocycles. The van der Waals surface area contributed by atoms with Crippen LogP contribution in [0.1, 0.15) is 81.6 Å². The Bertz CT molecular complexity index is 1240. The molecule has 1 amide bonds. The Kier molecular flexibility index (Phi) is 10.6. The number of rotatable bonds is 9. The summed E-state index contributed by atoms with van der Waals surface area (Å²) in [7, 11) is 0. The molecule has 2 aromatic carbocycles. The van der Waals surface area contributed by atoms with Crippen molar-refractivity contribution in [2.45, 2.75) is 72.1 Å². The lowest BCUT2D eigenvalue weighted by Gasteiger charge is -2.29. The molecule has 6 nitrogen and oxygen atoms in total. The fraction of sp³-hybridized carbons (Fsp3) is 0.455. The molecule has 0 atom stereocenters. The molecule has 0 spiro atoms. The molecule has 0 saturated carbocycles. The standard InChI is InChI=1S/C33H44N4O2/c1-4-12-26(13-5-2)22-27-17-18-28(32(38)36-33-34-29-15-9-10-16-30(29)35-33)23-31(27)37-19-21-39-20-11-7-6-8-14-25(3)24-37/h9-11,14-18,20,23,26H,4-8,12-13,19,21-22,24H2,1-3H3,(H2,34,35,36,38)/b20-11+,25-14+. The highest BCUT2D eigenvalue weighted by atomic mass is 16.5. The Morgan fingerprint density at radius 2 is 1.95 bits per heavy atom. The van der Waals surface area contributed by atoms with Gasteiger partial charge in [0.05, 0.1) is 23.8 Å². The summed E-state index contributed by atoms with van der Waals surface area (Å²) < 4.78 is 5.84. The number of anilines is 2. The number of para-hydroxylation sites is 2. The fourth-order valence-corrected chi connectivity index (χ4v) is 5.44. The fourth-order valence-electron chi connectivity index (χ4n) is 5.44. The van der Waals surface area contributed by atoms with E-state index in [0.717, 1.165) is 55.5 Å². The normalized spacial score (nSPS) is 17.1. The first-order valence-electron chi connectivity index (χ1n) is 14.6. The topological polar surface area (TPSA) is 70.2 Å². The highest BCUT2D eigenvalue weighted by molar-refractivity contribution is 6.04. The smallest absolute Gasteiger partial charge is 0.258 e. The minimum atomic E-state index is -0.165. The average molecular weight is 529 g/mol. The number of carbonyl (C=O) groups excluding carboxylic acids is 1. The predicted molar refractivity (Wildman–Crippen MR) is 162 cm³/mol. The summed E-state index contributed by atoms with van der Waals surface area (Å²) in [6.07, 6.45) is 15.4. The van der Waals surface area contributed by atoms with Gasteiger partial charge in [0, 0.05) is 17.8 Å². The van der Waals surface area contributed by atoms with Crippen LogP contribution in [0.3, 0.4) is 0 Å². The second-order valence-corrected chi connectivity index (χ2v) is 10.7. The molecule has 4 rings (SSSR count). The van der Waals surface area contributed by atoms with Crippen molar-refractivity contribution in [1.82, 2.24) is 9.97 Å². The van der Waals surface area contributed by atoms with Crippen LogP contribution in [0.25, 0.3) is 11.0 Å². The first kappa shape index (κ1) is 28.5. The average Bonchev–Trinajstić information content (AvgIpc) is 3.33. The summed E-state index contributed by atoms with van der Waals surface area (Å²) in [6, 6.07) is 14.0. The van der Waals surface area contributed by atoms with Crippen molar-refractivity contribution in [3.63, 3.8) is 0 Å². The van der Waals surface area contributed by atoms with Crippen molar-refractivity contribution in [3.05, 3.63) is 77.6 Å². The number of H-pyrrole nitrogens is 1. The molecule has 0 aliphatic carbocycles. The lowest BCUT2D eigenvalue weighted by molar-refractivity contribution is 0.102. The van der Waals surface area contributed by atoms with Gasteiger partial charge < -0.3 is 14.6 Å². The molecule has 0 unspecified atom stereocenters. The van der Waals surface area contributed by atoms with Crippen LogP contribution in [0, 0.1) is 5.92 Å². The van der Waals surface area contributed by atoms with E-state index < -0.39 is 0 Å². The van der Waals surface area contributed by atoms with Gasteiger partial charge in [0.1, 0.15) is 6.61 Å². The van der Waals surface area contributed by atoms with Gasteiger partial charge in [0.2, 0.25) is 5.95 Å². The molecule has 2 N–H and O–H groups in total. The molecule has 208 valence electrons. The Hall–Kier alpha value is -3.54. The lowest BCUT2D eigenvalue weighted by Crippen LogP contribution is -2.30. The van der Waals surface area contributed by atoms with Crippen molar-refractivity contribution < 1.29 is 9.53 Å². The second-order valence-electron chi connectivity index (χ2n) is 10.7. The summed E-state index contributed by atoms with van der Waals surface area (Å²) in [5.41, 5.74) is 6.14. The summed E-state index contributed by atoms with van der Waals surface area (Å²) in [6.45, 7) is 8.93. The summed E-state index contributed by atoms with van der Waals surface area (Å²) in [5, 5.41) is 2.97. The van der Waals surface area contributed by atoms with Crippen LogP contribution in [-0.4, -0.2) is 35.6 Å². The van der Waals surface area contributed by atoms with Gasteiger partial charge in [0.15, 0.2) is 0 Å². The number of nitrogens with one attached hydrogen (secondary N) is 2. The number of ether oxygens (including phenoxy) is 1. The quantitative estimate of drug-likeness (QED) is 0.276. The van der Waals surface area contributed by atoms with Crippen LogP contribution in [0.5, 0.6) is 0 Å². The third-order valence-corrected chi connectivity index (χ3v) is 7.39. The van der Waals surface area contributed by atoms with Crippen LogP contribution in [0.2, 0.25) is 0 Å². The van der Waals surface area contributed by atoms with Crippen LogP contribution in [-0.2, 0) is 11.2 Å². The molecular weight excluding hydrogens is 484 g/mol. The number of aromatic amines is 1. The van der Waals surface area contributed by atoms with Gasteiger partial charge in [-0.25, -0.2) is 4.98 Å². The zero-order valence-corrected chi connectivity index (χ0v) is 23.8. The third kappa shape index (κ3) is 8.22. The number of imidazole rings is 1. The molecular formula is C33H44N4O2. The highest BCUT2D eigenvalue weighted by Gasteiger charge is 2.19. The van der Waals surface area contributed by atoms with E-state index in [1.54, 1.807) is 0 Å². The molecule has 6 heteroatoms. The van der Waals surface area contributed by atoms with Gasteiger partial charge in [-0.15, -0.1) is 0 Å². The molecule has 1 aliphatic heterocycles. The maximum Gasteiger partial charge on any atom is 0.258 e. The van der Waals surface area contributed by atoms with E-state index in [1.165, 1.54) is 36.8 Å². The van der Waals surface area contributed by atoms with E-state index in [0.29, 0.717) is 24.0 Å². The number of hydrogen-bond acceptors (Lipinski definition) is 4. The number of fused-ring (bicyclic) bond motifs is 1. The zero-order chi connectivity index (χ0) is 27.5. The molecule has 1 aromatic heterocycles. The summed E-state index contributed by atoms with van der Waals surface area (Å²) in [5.74, 6) is 0.932. The lowest BCUT2D eigenvalue weighted by atomic mass is 9.89. The van der Waals surface area contributed by atoms with Crippen LogP contribution >= 0.6 is 0 Å². The van der Waals surface area contributed by atoms with Gasteiger partial charge in [-0.2, -0.15) is 0 Å². The molecule has 3 aromatic rings. The third-order valence-electron chi connectivity index (χ3n) is 7.39. The Labute approximate surface area is 233 Å². The number of carbonyl (C=O) groups is 1. The molecule has 0 radical (unpaired) electrons. The van der Waals surface area contributed by atoms with E-state index in [9.17, 15) is 4.79 Å². The van der Waals surface area contributed by atoms with Gasteiger partial charge in [-0.05, 0) is 74.4 Å². The van der Waals surface area contributed by atoms with Gasteiger partial charge in [-0.3, -0.25) is 10.1 Å². The number of allylic oxidation sites excluding steroid dienone is 2. The first-order chi connectivity index (χ1) is 19.1. The molecule has 39 heavy (non-hydrogen) atoms. The number of hydrogen-bond donors (Lipinski definition) is 2. The maximum atomic E-state index is 13.4. The Balaban J connectivity index is 1.65. The molecule has 1 aliphatic rings. The number of benzene rings is 2. The SMILES string of the molecule is CCCC(CCC)Cc1ccc(C(=O)Nc2nc3ccccc3[nH]2)cc1N1CCO/C=C/CCC/C=C(\C)C1. The Morgan fingerprint density at radius 3 is 2.74 bits per heavy atom. The van der Waals surface area contributed by atoms with Crippen LogP contribution < -0.4 is 10.2 Å². The summed E-state index contributed by atoms with van der Waals surface area (Å²) >= 11 is 0. The first-order valence-corrected chi connectivity index (χ1v) is 14.6. The molecule has 0 bridgehead atoms. The number of aromatic nitrogens is 2. The zero-order valence-electron chi connectivity index (χ0n) is 23.8. The predicted octanol–water partition coefficient (Wildman–Crippen LogP) is 8.04. The van der Waals surface area contributed by atoms with Crippen LogP contribution in [0.4, 0.5) is 11.6 Å². The van der Waals surface area contributed by atoms with E-state index in [-0.39, 0.29) is 5.91 Å². The van der Waals surface area contributed by atoms with Crippen molar-refractivity contribution in [3.8, 4) is 0 Å². The number of nitrogens with zero attached hydrogens (tertiary/aromatic N) is 2. The molecule has 2 heterocycles. The minimum absolute atomic E-state index is 0.165. The summed E-state index contributed by atoms with van der Waals surface area (Å²) in [4.78, 5) is 23.5. The number of amides is 1. The van der Waals surface area contributed by atoms with Gasteiger partial charge in [0.25, 0.3) is 5.91 Å². The monoisotopic (exact) mass is 528 g/mol. The minimum Gasteiger partial charge on any atom is -0.500 e. The maximum absolute atomic E-state index is 13.4. The van der Waals surface area contributed by atoms with Crippen molar-refractivity contribution in [2.24, 2.45) is 5.92 Å². The van der Waals surface area contributed by atoms with Gasteiger partial charge in [-0.1, -0.05) is 69.4 Å². The molecule has 0 fully saturated rings. The van der Waals surface area contributed by atoms with E-state index in [4.69, 9.17) is 4.74 Å². The second kappa shape index (κ2) is 14.6. The largest absolute Gasteiger partial charge is 0.500 e. The van der Waals surface area contributed by atoms with Crippen molar-refractivity contribution in [1.29, 1.82) is 0 Å². The van der Waals surface area contributed by atoms with Crippen molar-refractivity contribution in [2.75, 3.05) is 29.9 Å².